The van der Waals surface area contributed by atoms with Crippen LogP contribution in [0, 0.1) is 0 Å². The molecule has 11 heteroatoms. The van der Waals surface area contributed by atoms with Crippen LogP contribution in [0.3, 0.4) is 0 Å². The molecule has 2 aliphatic rings. The predicted molar refractivity (Wildman–Crippen MR) is 99.9 cm³/mol. The van der Waals surface area contributed by atoms with Crippen LogP contribution in [0.2, 0.25) is 0 Å². The second kappa shape index (κ2) is 7.60. The average molecular weight is 429 g/mol. The monoisotopic (exact) mass is 429 g/mol. The van der Waals surface area contributed by atoms with Crippen molar-refractivity contribution in [1.29, 1.82) is 0 Å². The van der Waals surface area contributed by atoms with Crippen LogP contribution in [-0.2, 0) is 16.2 Å². The van der Waals surface area contributed by atoms with E-state index in [9.17, 15) is 21.6 Å². The highest BCUT2D eigenvalue weighted by atomic mass is 32.2. The third-order valence-corrected chi connectivity index (χ3v) is 7.33. The van der Waals surface area contributed by atoms with Crippen LogP contribution < -0.4 is 4.90 Å². The second-order valence-electron chi connectivity index (χ2n) is 7.36. The zero-order valence-corrected chi connectivity index (χ0v) is 16.5. The Balaban J connectivity index is 1.51. The predicted octanol–water partition coefficient (Wildman–Crippen LogP) is 2.92. The zero-order valence-electron chi connectivity index (χ0n) is 15.7. The van der Waals surface area contributed by atoms with Gasteiger partial charge in [0.05, 0.1) is 6.04 Å². The molecule has 0 radical (unpaired) electrons. The van der Waals surface area contributed by atoms with Gasteiger partial charge in [-0.25, -0.2) is 13.4 Å². The SMILES string of the molecule is O=S(=O)(c1ccc(N2CCCC(n3nccc3C(F)(F)F)C2)nc1)N1CCCC1. The van der Waals surface area contributed by atoms with Crippen molar-refractivity contribution < 1.29 is 21.6 Å². The van der Waals surface area contributed by atoms with Gasteiger partial charge in [0.1, 0.15) is 16.4 Å². The molecule has 0 amide bonds. The van der Waals surface area contributed by atoms with E-state index in [-0.39, 0.29) is 4.90 Å². The van der Waals surface area contributed by atoms with Crippen molar-refractivity contribution in [2.24, 2.45) is 0 Å². The molecule has 1 atom stereocenters. The molecule has 4 heterocycles. The summed E-state index contributed by atoms with van der Waals surface area (Å²) in [4.78, 5) is 6.31. The van der Waals surface area contributed by atoms with Gasteiger partial charge in [-0.2, -0.15) is 22.6 Å². The highest BCUT2D eigenvalue weighted by molar-refractivity contribution is 7.89. The molecule has 4 rings (SSSR count). The van der Waals surface area contributed by atoms with Crippen molar-refractivity contribution >= 4 is 15.8 Å². The molecular formula is C18H22F3N5O2S. The minimum Gasteiger partial charge on any atom is -0.354 e. The van der Waals surface area contributed by atoms with Crippen LogP contribution in [0.4, 0.5) is 19.0 Å². The first kappa shape index (κ1) is 20.1. The molecule has 0 aromatic carbocycles. The van der Waals surface area contributed by atoms with Gasteiger partial charge >= 0.3 is 6.18 Å². The molecule has 7 nitrogen and oxygen atoms in total. The molecule has 0 spiro atoms. The Kier molecular flexibility index (Phi) is 5.28. The Morgan fingerprint density at radius 3 is 2.45 bits per heavy atom. The fourth-order valence-electron chi connectivity index (χ4n) is 3.98. The summed E-state index contributed by atoms with van der Waals surface area (Å²) in [5.74, 6) is 0.552. The summed E-state index contributed by atoms with van der Waals surface area (Å²) in [7, 11) is -3.54. The van der Waals surface area contributed by atoms with Gasteiger partial charge in [0.15, 0.2) is 0 Å². The van der Waals surface area contributed by atoms with Gasteiger partial charge < -0.3 is 4.90 Å². The van der Waals surface area contributed by atoms with E-state index in [0.717, 1.165) is 29.8 Å². The van der Waals surface area contributed by atoms with E-state index in [4.69, 9.17) is 0 Å². The van der Waals surface area contributed by atoms with Gasteiger partial charge in [-0.15, -0.1) is 0 Å². The summed E-state index contributed by atoms with van der Waals surface area (Å²) in [6, 6.07) is 3.70. The van der Waals surface area contributed by atoms with Crippen LogP contribution >= 0.6 is 0 Å². The van der Waals surface area contributed by atoms with Crippen LogP contribution in [0.5, 0.6) is 0 Å². The summed E-state index contributed by atoms with van der Waals surface area (Å²) >= 11 is 0. The van der Waals surface area contributed by atoms with Gasteiger partial charge in [0.25, 0.3) is 0 Å². The number of nitrogens with zero attached hydrogens (tertiary/aromatic N) is 5. The molecular weight excluding hydrogens is 407 g/mol. The average Bonchev–Trinajstić information content (AvgIpc) is 3.40. The van der Waals surface area contributed by atoms with Gasteiger partial charge in [0, 0.05) is 38.6 Å². The van der Waals surface area contributed by atoms with E-state index in [1.165, 1.54) is 16.6 Å². The Hall–Kier alpha value is -2.14. The lowest BCUT2D eigenvalue weighted by Gasteiger charge is -2.34. The smallest absolute Gasteiger partial charge is 0.354 e. The van der Waals surface area contributed by atoms with E-state index in [1.54, 1.807) is 6.07 Å². The van der Waals surface area contributed by atoms with E-state index in [1.807, 2.05) is 4.90 Å². The van der Waals surface area contributed by atoms with Crippen molar-refractivity contribution in [3.63, 3.8) is 0 Å². The molecule has 2 fully saturated rings. The number of anilines is 1. The Bertz CT molecular complexity index is 953. The van der Waals surface area contributed by atoms with E-state index in [0.29, 0.717) is 44.8 Å². The van der Waals surface area contributed by atoms with E-state index >= 15 is 0 Å². The molecule has 2 aromatic rings. The van der Waals surface area contributed by atoms with E-state index < -0.39 is 27.9 Å². The van der Waals surface area contributed by atoms with Crippen LogP contribution in [0.1, 0.15) is 37.4 Å². The van der Waals surface area contributed by atoms with Crippen molar-refractivity contribution in [2.45, 2.75) is 42.8 Å². The van der Waals surface area contributed by atoms with Crippen molar-refractivity contribution in [3.8, 4) is 0 Å². The number of hydrogen-bond acceptors (Lipinski definition) is 5. The maximum Gasteiger partial charge on any atom is 0.433 e. The topological polar surface area (TPSA) is 71.3 Å². The molecule has 2 saturated heterocycles. The third-order valence-electron chi connectivity index (χ3n) is 5.45. The number of sulfonamides is 1. The lowest BCUT2D eigenvalue weighted by molar-refractivity contribution is -0.145. The molecule has 0 saturated carbocycles. The largest absolute Gasteiger partial charge is 0.433 e. The van der Waals surface area contributed by atoms with Crippen molar-refractivity contribution in [1.82, 2.24) is 19.1 Å². The standard InChI is InChI=1S/C18H22F3N5O2S/c19-18(20,21)16-7-8-23-26(16)14-4-3-9-24(13-14)17-6-5-15(12-22-17)29(27,28)25-10-1-2-11-25/h5-8,12,14H,1-4,9-11,13H2. The highest BCUT2D eigenvalue weighted by Crippen LogP contribution is 2.33. The molecule has 0 N–H and O–H groups in total. The Morgan fingerprint density at radius 1 is 1.03 bits per heavy atom. The minimum atomic E-state index is -4.46. The van der Waals surface area contributed by atoms with Crippen molar-refractivity contribution in [3.05, 3.63) is 36.3 Å². The summed E-state index contributed by atoms with van der Waals surface area (Å²) in [6.45, 7) is 2.01. The maximum absolute atomic E-state index is 13.2. The summed E-state index contributed by atoms with van der Waals surface area (Å²) in [5, 5.41) is 3.89. The van der Waals surface area contributed by atoms with Crippen molar-refractivity contribution in [2.75, 3.05) is 31.1 Å². The molecule has 158 valence electrons. The fraction of sp³-hybridized carbons (Fsp3) is 0.556. The number of pyridine rings is 1. The first-order valence-corrected chi connectivity index (χ1v) is 11.0. The van der Waals surface area contributed by atoms with Gasteiger partial charge in [-0.05, 0) is 43.9 Å². The summed E-state index contributed by atoms with van der Waals surface area (Å²) < 4.78 is 67.3. The molecule has 2 aromatic heterocycles. The summed E-state index contributed by atoms with van der Waals surface area (Å²) in [5.41, 5.74) is -0.760. The number of hydrogen-bond donors (Lipinski definition) is 0. The van der Waals surface area contributed by atoms with Crippen LogP contribution in [-0.4, -0.2) is 53.7 Å². The number of piperidine rings is 1. The number of aromatic nitrogens is 3. The number of halogens is 3. The summed E-state index contributed by atoms with van der Waals surface area (Å²) in [6.07, 6.45) is 1.03. The normalized spacial score (nSPS) is 21.6. The molecule has 29 heavy (non-hydrogen) atoms. The molecule has 0 aliphatic carbocycles. The van der Waals surface area contributed by atoms with E-state index in [2.05, 4.69) is 10.1 Å². The van der Waals surface area contributed by atoms with Gasteiger partial charge in [0.2, 0.25) is 10.0 Å². The number of alkyl halides is 3. The highest BCUT2D eigenvalue weighted by Gasteiger charge is 2.37. The lowest BCUT2D eigenvalue weighted by atomic mass is 10.1. The first-order chi connectivity index (χ1) is 13.8. The molecule has 0 bridgehead atoms. The Labute approximate surface area is 167 Å². The maximum atomic E-state index is 13.2. The number of rotatable bonds is 4. The Morgan fingerprint density at radius 2 is 1.79 bits per heavy atom. The second-order valence-corrected chi connectivity index (χ2v) is 9.30. The molecule has 1 unspecified atom stereocenters. The van der Waals surface area contributed by atoms with Gasteiger partial charge in [-0.1, -0.05) is 0 Å². The van der Waals surface area contributed by atoms with Crippen LogP contribution in [0.15, 0.2) is 35.5 Å². The quantitative estimate of drug-likeness (QED) is 0.748. The first-order valence-electron chi connectivity index (χ1n) is 9.59. The molecule has 2 aliphatic heterocycles. The zero-order chi connectivity index (χ0) is 20.6. The van der Waals surface area contributed by atoms with Crippen LogP contribution in [0.25, 0.3) is 0 Å². The fourth-order valence-corrected chi connectivity index (χ4v) is 5.44. The lowest BCUT2D eigenvalue weighted by Crippen LogP contribution is -2.38. The van der Waals surface area contributed by atoms with Gasteiger partial charge in [-0.3, -0.25) is 4.68 Å². The third kappa shape index (κ3) is 3.97. The minimum absolute atomic E-state index is 0.142.